The van der Waals surface area contributed by atoms with Gasteiger partial charge in [0.2, 0.25) is 0 Å². The van der Waals surface area contributed by atoms with Crippen molar-refractivity contribution in [3.8, 4) is 6.07 Å². The Kier molecular flexibility index (Phi) is 6.56. The minimum Gasteiger partial charge on any atom is -0.308 e. The second-order valence-electron chi connectivity index (χ2n) is 3.64. The number of hydrogen-bond acceptors (Lipinski definition) is 3. The summed E-state index contributed by atoms with van der Waals surface area (Å²) in [7, 11) is 4.11. The van der Waals surface area contributed by atoms with Gasteiger partial charge in [-0.05, 0) is 34.0 Å². The number of rotatable bonds is 6. The van der Waals surface area contributed by atoms with Gasteiger partial charge in [0, 0.05) is 13.1 Å². The molecule has 0 aromatic carbocycles. The first-order chi connectivity index (χ1) is 6.11. The molecule has 0 aliphatic heterocycles. The summed E-state index contributed by atoms with van der Waals surface area (Å²) in [5.74, 6) is 0. The fourth-order valence-electron chi connectivity index (χ4n) is 1.20. The van der Waals surface area contributed by atoms with Crippen molar-refractivity contribution < 1.29 is 0 Å². The lowest BCUT2D eigenvalue weighted by atomic mass is 10.3. The van der Waals surface area contributed by atoms with E-state index in [-0.39, 0.29) is 6.04 Å². The maximum atomic E-state index is 8.79. The fraction of sp³-hybridized carbons (Fsp3) is 0.900. The molecule has 0 aromatic rings. The summed E-state index contributed by atoms with van der Waals surface area (Å²) in [6, 6.07) is 2.32. The maximum absolute atomic E-state index is 8.79. The maximum Gasteiger partial charge on any atom is 0.0949 e. The molecule has 13 heavy (non-hydrogen) atoms. The summed E-state index contributed by atoms with van der Waals surface area (Å²) >= 11 is 0. The van der Waals surface area contributed by atoms with Gasteiger partial charge in [0.15, 0.2) is 0 Å². The van der Waals surface area contributed by atoms with E-state index in [1.165, 1.54) is 0 Å². The highest BCUT2D eigenvalue weighted by molar-refractivity contribution is 4.87. The van der Waals surface area contributed by atoms with E-state index in [2.05, 4.69) is 36.9 Å². The molecule has 0 heterocycles. The Bertz CT molecular complexity index is 160. The number of likely N-dealkylation sites (N-methyl/N-ethyl adjacent to an activating group) is 1. The van der Waals surface area contributed by atoms with Crippen molar-refractivity contribution in [1.29, 1.82) is 5.26 Å². The molecular weight excluding hydrogens is 162 g/mol. The molecule has 0 radical (unpaired) electrons. The quantitative estimate of drug-likeness (QED) is 0.619. The van der Waals surface area contributed by atoms with Crippen molar-refractivity contribution in [2.45, 2.75) is 26.3 Å². The normalized spacial score (nSPS) is 13.3. The van der Waals surface area contributed by atoms with Gasteiger partial charge in [-0.2, -0.15) is 5.26 Å². The zero-order chi connectivity index (χ0) is 10.3. The molecule has 3 nitrogen and oxygen atoms in total. The SMILES string of the molecule is CCCN(CCN(C)C)C(C)C#N. The van der Waals surface area contributed by atoms with Crippen molar-refractivity contribution in [2.75, 3.05) is 33.7 Å². The molecule has 1 unspecified atom stereocenters. The van der Waals surface area contributed by atoms with Crippen LogP contribution in [0.25, 0.3) is 0 Å². The average Bonchev–Trinajstić information content (AvgIpc) is 2.10. The molecule has 76 valence electrons. The molecule has 0 amide bonds. The highest BCUT2D eigenvalue weighted by atomic mass is 15.2. The average molecular weight is 183 g/mol. The summed E-state index contributed by atoms with van der Waals surface area (Å²) in [4.78, 5) is 4.37. The zero-order valence-corrected chi connectivity index (χ0v) is 9.25. The van der Waals surface area contributed by atoms with Crippen LogP contribution >= 0.6 is 0 Å². The van der Waals surface area contributed by atoms with Crippen molar-refractivity contribution in [2.24, 2.45) is 0 Å². The number of nitrogens with zero attached hydrogens (tertiary/aromatic N) is 3. The van der Waals surface area contributed by atoms with Crippen LogP contribution in [0.5, 0.6) is 0 Å². The summed E-state index contributed by atoms with van der Waals surface area (Å²) < 4.78 is 0. The molecule has 0 aliphatic rings. The highest BCUT2D eigenvalue weighted by Gasteiger charge is 2.11. The molecule has 0 fully saturated rings. The second kappa shape index (κ2) is 6.88. The van der Waals surface area contributed by atoms with E-state index in [1.54, 1.807) is 0 Å². The van der Waals surface area contributed by atoms with Crippen LogP contribution in [-0.4, -0.2) is 49.6 Å². The van der Waals surface area contributed by atoms with Crippen LogP contribution in [0.15, 0.2) is 0 Å². The lowest BCUT2D eigenvalue weighted by Crippen LogP contribution is -2.37. The van der Waals surface area contributed by atoms with E-state index in [4.69, 9.17) is 5.26 Å². The van der Waals surface area contributed by atoms with Crippen LogP contribution in [0, 0.1) is 11.3 Å². The van der Waals surface area contributed by atoms with E-state index < -0.39 is 0 Å². The summed E-state index contributed by atoms with van der Waals surface area (Å²) in [5.41, 5.74) is 0. The lowest BCUT2D eigenvalue weighted by Gasteiger charge is -2.25. The highest BCUT2D eigenvalue weighted by Crippen LogP contribution is 1.99. The molecule has 0 bridgehead atoms. The van der Waals surface area contributed by atoms with Gasteiger partial charge >= 0.3 is 0 Å². The summed E-state index contributed by atoms with van der Waals surface area (Å²) in [5, 5.41) is 8.79. The van der Waals surface area contributed by atoms with Crippen LogP contribution in [0.1, 0.15) is 20.3 Å². The van der Waals surface area contributed by atoms with Crippen molar-refractivity contribution in [1.82, 2.24) is 9.80 Å². The monoisotopic (exact) mass is 183 g/mol. The molecule has 3 heteroatoms. The number of hydrogen-bond donors (Lipinski definition) is 0. The smallest absolute Gasteiger partial charge is 0.0949 e. The van der Waals surface area contributed by atoms with Crippen LogP contribution in [-0.2, 0) is 0 Å². The third-order valence-corrected chi connectivity index (χ3v) is 2.08. The molecule has 1 atom stereocenters. The largest absolute Gasteiger partial charge is 0.308 e. The van der Waals surface area contributed by atoms with Crippen LogP contribution in [0.3, 0.4) is 0 Å². The molecule has 0 N–H and O–H groups in total. The van der Waals surface area contributed by atoms with Gasteiger partial charge in [-0.1, -0.05) is 6.92 Å². The predicted octanol–water partition coefficient (Wildman–Crippen LogP) is 1.17. The van der Waals surface area contributed by atoms with E-state index in [1.807, 2.05) is 6.92 Å². The Hall–Kier alpha value is -0.590. The van der Waals surface area contributed by atoms with Crippen molar-refractivity contribution in [3.05, 3.63) is 0 Å². The third kappa shape index (κ3) is 5.62. The summed E-state index contributed by atoms with van der Waals surface area (Å²) in [6.07, 6.45) is 1.11. The van der Waals surface area contributed by atoms with Crippen molar-refractivity contribution >= 4 is 0 Å². The van der Waals surface area contributed by atoms with Crippen LogP contribution < -0.4 is 0 Å². The molecular formula is C10H21N3. The first-order valence-electron chi connectivity index (χ1n) is 4.90. The minimum atomic E-state index is 0.0416. The first kappa shape index (κ1) is 12.4. The van der Waals surface area contributed by atoms with Crippen molar-refractivity contribution in [3.63, 3.8) is 0 Å². The van der Waals surface area contributed by atoms with E-state index >= 15 is 0 Å². The third-order valence-electron chi connectivity index (χ3n) is 2.08. The van der Waals surface area contributed by atoms with Gasteiger partial charge in [0.05, 0.1) is 12.1 Å². The van der Waals surface area contributed by atoms with Gasteiger partial charge in [0.25, 0.3) is 0 Å². The van der Waals surface area contributed by atoms with Gasteiger partial charge in [0.1, 0.15) is 0 Å². The van der Waals surface area contributed by atoms with Gasteiger partial charge < -0.3 is 4.90 Å². The van der Waals surface area contributed by atoms with Crippen LogP contribution in [0.4, 0.5) is 0 Å². The Labute approximate surface area is 81.9 Å². The van der Waals surface area contributed by atoms with E-state index in [9.17, 15) is 0 Å². The molecule has 0 rings (SSSR count). The molecule has 0 spiro atoms. The Morgan fingerprint density at radius 1 is 1.23 bits per heavy atom. The topological polar surface area (TPSA) is 30.3 Å². The Balaban J connectivity index is 3.88. The predicted molar refractivity (Wildman–Crippen MR) is 55.5 cm³/mol. The molecule has 0 aromatic heterocycles. The van der Waals surface area contributed by atoms with Gasteiger partial charge in [-0.3, -0.25) is 4.90 Å². The van der Waals surface area contributed by atoms with Gasteiger partial charge in [-0.25, -0.2) is 0 Å². The second-order valence-corrected chi connectivity index (χ2v) is 3.64. The Morgan fingerprint density at radius 3 is 2.23 bits per heavy atom. The fourth-order valence-corrected chi connectivity index (χ4v) is 1.20. The lowest BCUT2D eigenvalue weighted by molar-refractivity contribution is 0.219. The molecule has 0 aliphatic carbocycles. The van der Waals surface area contributed by atoms with E-state index in [0.717, 1.165) is 26.1 Å². The number of nitriles is 1. The standard InChI is InChI=1S/C10H21N3/c1-5-6-13(10(2)9-11)8-7-12(3)4/h10H,5-8H2,1-4H3. The Morgan fingerprint density at radius 2 is 1.85 bits per heavy atom. The molecule has 0 saturated heterocycles. The zero-order valence-electron chi connectivity index (χ0n) is 9.25. The summed E-state index contributed by atoms with van der Waals surface area (Å²) in [6.45, 7) is 7.13. The first-order valence-corrected chi connectivity index (χ1v) is 4.90. The van der Waals surface area contributed by atoms with E-state index in [0.29, 0.717) is 0 Å². The van der Waals surface area contributed by atoms with Crippen LogP contribution in [0.2, 0.25) is 0 Å². The van der Waals surface area contributed by atoms with Gasteiger partial charge in [-0.15, -0.1) is 0 Å². The minimum absolute atomic E-state index is 0.0416. The molecule has 0 saturated carbocycles.